The number of anilines is 2. The largest absolute Gasteiger partial charge is 0.393 e. The molecular weight excluding hydrogens is 321 g/mol. The summed E-state index contributed by atoms with van der Waals surface area (Å²) in [4.78, 5) is 14.3. The van der Waals surface area contributed by atoms with Crippen molar-refractivity contribution >= 4 is 17.4 Å². The van der Waals surface area contributed by atoms with E-state index < -0.39 is 11.8 Å². The number of rotatable bonds is 4. The summed E-state index contributed by atoms with van der Waals surface area (Å²) in [5, 5.41) is 14.9. The van der Waals surface area contributed by atoms with Crippen LogP contribution in [-0.2, 0) is 6.54 Å². The summed E-state index contributed by atoms with van der Waals surface area (Å²) in [5.74, 6) is -0.397. The Morgan fingerprint density at radius 3 is 2.40 bits per heavy atom. The molecule has 0 aliphatic carbocycles. The van der Waals surface area contributed by atoms with Crippen molar-refractivity contribution < 1.29 is 14.3 Å². The van der Waals surface area contributed by atoms with Crippen LogP contribution in [0.2, 0.25) is 0 Å². The van der Waals surface area contributed by atoms with Crippen molar-refractivity contribution in [1.29, 1.82) is 0 Å². The average Bonchev–Trinajstić information content (AvgIpc) is 2.57. The molecule has 0 aromatic heterocycles. The SMILES string of the molecule is O=C(Nc1cccc(F)c1)Nc1cccc(CN2CCC(O)CC2)c1. The summed E-state index contributed by atoms with van der Waals surface area (Å²) in [6.45, 7) is 2.53. The Morgan fingerprint density at radius 1 is 1.08 bits per heavy atom. The molecule has 25 heavy (non-hydrogen) atoms. The van der Waals surface area contributed by atoms with E-state index in [-0.39, 0.29) is 6.10 Å². The number of likely N-dealkylation sites (tertiary alicyclic amines) is 1. The molecule has 1 heterocycles. The number of carbonyl (C=O) groups excluding carboxylic acids is 1. The number of carbonyl (C=O) groups is 1. The van der Waals surface area contributed by atoms with E-state index in [1.54, 1.807) is 12.1 Å². The number of aliphatic hydroxyl groups excluding tert-OH is 1. The molecule has 0 radical (unpaired) electrons. The molecule has 5 nitrogen and oxygen atoms in total. The monoisotopic (exact) mass is 343 g/mol. The van der Waals surface area contributed by atoms with Gasteiger partial charge in [0.2, 0.25) is 0 Å². The van der Waals surface area contributed by atoms with E-state index in [9.17, 15) is 14.3 Å². The van der Waals surface area contributed by atoms with Crippen LogP contribution < -0.4 is 10.6 Å². The van der Waals surface area contributed by atoms with E-state index in [0.717, 1.165) is 38.0 Å². The van der Waals surface area contributed by atoms with Crippen LogP contribution in [0.5, 0.6) is 0 Å². The zero-order valence-electron chi connectivity index (χ0n) is 13.9. The van der Waals surface area contributed by atoms with Crippen molar-refractivity contribution in [2.75, 3.05) is 23.7 Å². The molecule has 132 valence electrons. The second kappa shape index (κ2) is 8.09. The van der Waals surface area contributed by atoms with Crippen LogP contribution in [0.4, 0.5) is 20.6 Å². The Morgan fingerprint density at radius 2 is 1.72 bits per heavy atom. The Labute approximate surface area is 146 Å². The molecule has 1 saturated heterocycles. The Bertz CT molecular complexity index is 730. The van der Waals surface area contributed by atoms with Gasteiger partial charge in [-0.15, -0.1) is 0 Å². The maximum Gasteiger partial charge on any atom is 0.323 e. The highest BCUT2D eigenvalue weighted by atomic mass is 19.1. The van der Waals surface area contributed by atoms with Gasteiger partial charge in [0.15, 0.2) is 0 Å². The van der Waals surface area contributed by atoms with Crippen molar-refractivity contribution in [3.8, 4) is 0 Å². The van der Waals surface area contributed by atoms with Crippen molar-refractivity contribution in [1.82, 2.24) is 4.90 Å². The van der Waals surface area contributed by atoms with Crippen LogP contribution in [-0.4, -0.2) is 35.2 Å². The predicted molar refractivity (Wildman–Crippen MR) is 96.0 cm³/mol. The lowest BCUT2D eigenvalue weighted by Gasteiger charge is -2.29. The number of hydrogen-bond donors (Lipinski definition) is 3. The van der Waals surface area contributed by atoms with Gasteiger partial charge in [-0.05, 0) is 48.7 Å². The first kappa shape index (κ1) is 17.4. The van der Waals surface area contributed by atoms with Crippen LogP contribution in [0.25, 0.3) is 0 Å². The molecule has 6 heteroatoms. The molecule has 0 unspecified atom stereocenters. The fourth-order valence-corrected chi connectivity index (χ4v) is 2.94. The highest BCUT2D eigenvalue weighted by Gasteiger charge is 2.17. The Kier molecular flexibility index (Phi) is 5.63. The van der Waals surface area contributed by atoms with Crippen LogP contribution in [0.3, 0.4) is 0 Å². The van der Waals surface area contributed by atoms with Gasteiger partial charge in [0, 0.05) is 31.0 Å². The van der Waals surface area contributed by atoms with Gasteiger partial charge in [-0.3, -0.25) is 4.90 Å². The lowest BCUT2D eigenvalue weighted by molar-refractivity contribution is 0.0792. The fraction of sp³-hybridized carbons (Fsp3) is 0.316. The lowest BCUT2D eigenvalue weighted by atomic mass is 10.1. The van der Waals surface area contributed by atoms with Gasteiger partial charge in [-0.2, -0.15) is 0 Å². The van der Waals surface area contributed by atoms with Gasteiger partial charge < -0.3 is 15.7 Å². The number of hydrogen-bond acceptors (Lipinski definition) is 3. The summed E-state index contributed by atoms with van der Waals surface area (Å²) in [6.07, 6.45) is 1.41. The first-order chi connectivity index (χ1) is 12.1. The van der Waals surface area contributed by atoms with E-state index in [1.165, 1.54) is 12.1 Å². The topological polar surface area (TPSA) is 64.6 Å². The Balaban J connectivity index is 1.56. The van der Waals surface area contributed by atoms with Gasteiger partial charge in [0.25, 0.3) is 0 Å². The zero-order valence-corrected chi connectivity index (χ0v) is 13.9. The molecule has 0 atom stereocenters. The van der Waals surface area contributed by atoms with Crippen LogP contribution in [0.1, 0.15) is 18.4 Å². The van der Waals surface area contributed by atoms with Crippen molar-refractivity contribution in [2.24, 2.45) is 0 Å². The summed E-state index contributed by atoms with van der Waals surface area (Å²) in [7, 11) is 0. The van der Waals surface area contributed by atoms with Crippen LogP contribution >= 0.6 is 0 Å². The van der Waals surface area contributed by atoms with Gasteiger partial charge in [-0.25, -0.2) is 9.18 Å². The van der Waals surface area contributed by atoms with Gasteiger partial charge >= 0.3 is 6.03 Å². The van der Waals surface area contributed by atoms with Gasteiger partial charge in [0.05, 0.1) is 6.10 Å². The standard InChI is InChI=1S/C19H22FN3O2/c20-15-4-2-6-17(12-15)22-19(25)21-16-5-1-3-14(11-16)13-23-9-7-18(24)8-10-23/h1-6,11-12,18,24H,7-10,13H2,(H2,21,22,25). The Hall–Kier alpha value is -2.44. The number of benzene rings is 2. The van der Waals surface area contributed by atoms with E-state index >= 15 is 0 Å². The minimum atomic E-state index is -0.413. The number of nitrogens with zero attached hydrogens (tertiary/aromatic N) is 1. The smallest absolute Gasteiger partial charge is 0.323 e. The second-order valence-corrected chi connectivity index (χ2v) is 6.30. The molecule has 1 aliphatic rings. The van der Waals surface area contributed by atoms with E-state index in [0.29, 0.717) is 11.4 Å². The minimum absolute atomic E-state index is 0.184. The first-order valence-electron chi connectivity index (χ1n) is 8.41. The third-order valence-electron chi connectivity index (χ3n) is 4.23. The molecule has 3 N–H and O–H groups in total. The molecule has 1 aliphatic heterocycles. The summed E-state index contributed by atoms with van der Waals surface area (Å²) < 4.78 is 13.2. The third-order valence-corrected chi connectivity index (χ3v) is 4.23. The van der Waals surface area contributed by atoms with E-state index in [4.69, 9.17) is 0 Å². The highest BCUT2D eigenvalue weighted by molar-refractivity contribution is 5.99. The maximum absolute atomic E-state index is 13.2. The molecule has 1 fully saturated rings. The summed E-state index contributed by atoms with van der Waals surface area (Å²) in [6, 6.07) is 13.0. The summed E-state index contributed by atoms with van der Waals surface area (Å²) in [5.41, 5.74) is 2.18. The number of aliphatic hydroxyl groups is 1. The number of halogens is 1. The molecule has 2 amide bonds. The molecule has 2 aromatic carbocycles. The second-order valence-electron chi connectivity index (χ2n) is 6.30. The molecule has 3 rings (SSSR count). The minimum Gasteiger partial charge on any atom is -0.393 e. The quantitative estimate of drug-likeness (QED) is 0.797. The number of urea groups is 1. The molecule has 0 bridgehead atoms. The van der Waals surface area contributed by atoms with Crippen molar-refractivity contribution in [2.45, 2.75) is 25.5 Å². The van der Waals surface area contributed by atoms with E-state index in [2.05, 4.69) is 15.5 Å². The molecule has 0 saturated carbocycles. The van der Waals surface area contributed by atoms with Gasteiger partial charge in [-0.1, -0.05) is 18.2 Å². The highest BCUT2D eigenvalue weighted by Crippen LogP contribution is 2.17. The molecule has 2 aromatic rings. The normalized spacial score (nSPS) is 15.8. The molecule has 0 spiro atoms. The first-order valence-corrected chi connectivity index (χ1v) is 8.41. The van der Waals surface area contributed by atoms with Crippen LogP contribution in [0.15, 0.2) is 48.5 Å². The third kappa shape index (κ3) is 5.27. The number of nitrogens with one attached hydrogen (secondary N) is 2. The lowest BCUT2D eigenvalue weighted by Crippen LogP contribution is -2.35. The van der Waals surface area contributed by atoms with Crippen molar-refractivity contribution in [3.63, 3.8) is 0 Å². The summed E-state index contributed by atoms with van der Waals surface area (Å²) >= 11 is 0. The van der Waals surface area contributed by atoms with Crippen molar-refractivity contribution in [3.05, 3.63) is 59.9 Å². The van der Waals surface area contributed by atoms with Gasteiger partial charge in [0.1, 0.15) is 5.82 Å². The number of piperidine rings is 1. The predicted octanol–water partition coefficient (Wildman–Crippen LogP) is 3.43. The fourth-order valence-electron chi connectivity index (χ4n) is 2.94. The zero-order chi connectivity index (χ0) is 17.6. The maximum atomic E-state index is 13.2. The average molecular weight is 343 g/mol. The number of amides is 2. The van der Waals surface area contributed by atoms with E-state index in [1.807, 2.05) is 24.3 Å². The molecular formula is C19H22FN3O2. The van der Waals surface area contributed by atoms with Crippen LogP contribution in [0, 0.1) is 5.82 Å².